The predicted molar refractivity (Wildman–Crippen MR) is 80.0 cm³/mol. The second-order valence-corrected chi connectivity index (χ2v) is 4.36. The molecule has 22 heavy (non-hydrogen) atoms. The molecule has 2 rings (SSSR count). The van der Waals surface area contributed by atoms with E-state index < -0.39 is 4.92 Å². The lowest BCUT2D eigenvalue weighted by Gasteiger charge is -1.98. The third-order valence-corrected chi connectivity index (χ3v) is 2.67. The third-order valence-electron chi connectivity index (χ3n) is 2.67. The molecule has 0 atom stereocenters. The van der Waals surface area contributed by atoms with Crippen molar-refractivity contribution in [2.24, 2.45) is 0 Å². The van der Waals surface area contributed by atoms with E-state index in [1.807, 2.05) is 0 Å². The Bertz CT molecular complexity index is 708. The molecular formula is C14H14N4O4. The Morgan fingerprint density at radius 2 is 2.36 bits per heavy atom. The zero-order valence-corrected chi connectivity index (χ0v) is 11.8. The Balaban J connectivity index is 1.98. The van der Waals surface area contributed by atoms with Crippen LogP contribution in [0.5, 0.6) is 0 Å². The van der Waals surface area contributed by atoms with Crippen molar-refractivity contribution in [3.05, 3.63) is 58.4 Å². The van der Waals surface area contributed by atoms with E-state index in [0.29, 0.717) is 18.0 Å². The van der Waals surface area contributed by atoms with Crippen molar-refractivity contribution in [2.75, 3.05) is 12.4 Å². The predicted octanol–water partition coefficient (Wildman–Crippen LogP) is 2.05. The summed E-state index contributed by atoms with van der Waals surface area (Å²) >= 11 is 0. The molecule has 1 aromatic heterocycles. The van der Waals surface area contributed by atoms with Crippen molar-refractivity contribution in [2.45, 2.75) is 6.73 Å². The number of hydrogen-bond acceptors (Lipinski definition) is 5. The monoisotopic (exact) mass is 302 g/mol. The summed E-state index contributed by atoms with van der Waals surface area (Å²) in [5.41, 5.74) is 1.08. The van der Waals surface area contributed by atoms with Crippen molar-refractivity contribution in [1.82, 2.24) is 9.78 Å². The SMILES string of the molecule is COCn1cc(NC(=O)/C=C/c2cccc([N+](=O)[O-])c2)cn1. The average Bonchev–Trinajstić information content (AvgIpc) is 2.93. The summed E-state index contributed by atoms with van der Waals surface area (Å²) in [6, 6.07) is 6.01. The number of carbonyl (C=O) groups excluding carboxylic acids is 1. The average molecular weight is 302 g/mol. The van der Waals surface area contributed by atoms with Crippen LogP contribution in [-0.4, -0.2) is 27.7 Å². The van der Waals surface area contributed by atoms with E-state index in [4.69, 9.17) is 4.74 Å². The van der Waals surface area contributed by atoms with Crippen molar-refractivity contribution >= 4 is 23.4 Å². The molecule has 1 aromatic carbocycles. The van der Waals surface area contributed by atoms with E-state index in [1.54, 1.807) is 25.4 Å². The summed E-state index contributed by atoms with van der Waals surface area (Å²) in [5.74, 6) is -0.358. The summed E-state index contributed by atoms with van der Waals surface area (Å²) in [6.45, 7) is 0.291. The molecule has 0 bridgehead atoms. The van der Waals surface area contributed by atoms with E-state index in [-0.39, 0.29) is 11.6 Å². The maximum absolute atomic E-state index is 11.8. The van der Waals surface area contributed by atoms with Crippen LogP contribution in [0.4, 0.5) is 11.4 Å². The minimum Gasteiger partial charge on any atom is -0.362 e. The van der Waals surface area contributed by atoms with Crippen LogP contribution >= 0.6 is 0 Å². The number of nitro benzene ring substituents is 1. The van der Waals surface area contributed by atoms with Gasteiger partial charge in [0.1, 0.15) is 6.73 Å². The number of amides is 1. The summed E-state index contributed by atoms with van der Waals surface area (Å²) in [5, 5.41) is 17.3. The van der Waals surface area contributed by atoms with Crippen molar-refractivity contribution in [3.63, 3.8) is 0 Å². The molecule has 0 saturated carbocycles. The Morgan fingerprint density at radius 1 is 1.55 bits per heavy atom. The fourth-order valence-electron chi connectivity index (χ4n) is 1.73. The first-order chi connectivity index (χ1) is 10.6. The molecule has 1 N–H and O–H groups in total. The number of nitrogens with one attached hydrogen (secondary N) is 1. The van der Waals surface area contributed by atoms with Gasteiger partial charge in [0.25, 0.3) is 5.69 Å². The molecule has 114 valence electrons. The van der Waals surface area contributed by atoms with Crippen LogP contribution in [0.3, 0.4) is 0 Å². The number of carbonyl (C=O) groups is 1. The van der Waals surface area contributed by atoms with Crippen LogP contribution in [0.2, 0.25) is 0 Å². The van der Waals surface area contributed by atoms with E-state index >= 15 is 0 Å². The zero-order valence-electron chi connectivity index (χ0n) is 11.8. The van der Waals surface area contributed by atoms with Gasteiger partial charge in [-0.1, -0.05) is 12.1 Å². The second-order valence-electron chi connectivity index (χ2n) is 4.36. The van der Waals surface area contributed by atoms with Gasteiger partial charge in [-0.05, 0) is 11.6 Å². The molecule has 0 aliphatic carbocycles. The highest BCUT2D eigenvalue weighted by Crippen LogP contribution is 2.14. The van der Waals surface area contributed by atoms with Crippen LogP contribution in [0, 0.1) is 10.1 Å². The van der Waals surface area contributed by atoms with Gasteiger partial charge >= 0.3 is 0 Å². The van der Waals surface area contributed by atoms with E-state index in [1.165, 1.54) is 35.2 Å². The van der Waals surface area contributed by atoms with Gasteiger partial charge in [0.05, 0.1) is 23.0 Å². The molecular weight excluding hydrogens is 288 g/mol. The smallest absolute Gasteiger partial charge is 0.270 e. The normalized spacial score (nSPS) is 10.8. The third kappa shape index (κ3) is 4.25. The van der Waals surface area contributed by atoms with Gasteiger partial charge < -0.3 is 10.1 Å². The van der Waals surface area contributed by atoms with Gasteiger partial charge in [0.15, 0.2) is 0 Å². The number of methoxy groups -OCH3 is 1. The van der Waals surface area contributed by atoms with E-state index in [9.17, 15) is 14.9 Å². The lowest BCUT2D eigenvalue weighted by atomic mass is 10.2. The Hall–Kier alpha value is -3.00. The summed E-state index contributed by atoms with van der Waals surface area (Å²) in [6.07, 6.45) is 5.93. The number of hydrogen-bond donors (Lipinski definition) is 1. The largest absolute Gasteiger partial charge is 0.362 e. The van der Waals surface area contributed by atoms with E-state index in [2.05, 4.69) is 10.4 Å². The molecule has 0 spiro atoms. The second kappa shape index (κ2) is 7.14. The summed E-state index contributed by atoms with van der Waals surface area (Å²) < 4.78 is 6.43. The maximum Gasteiger partial charge on any atom is 0.270 e. The number of aromatic nitrogens is 2. The van der Waals surface area contributed by atoms with Crippen molar-refractivity contribution in [3.8, 4) is 0 Å². The number of benzene rings is 1. The Kier molecular flexibility index (Phi) is 4.99. The molecule has 0 fully saturated rings. The maximum atomic E-state index is 11.8. The van der Waals surface area contributed by atoms with E-state index in [0.717, 1.165) is 0 Å². The number of nitrogens with zero attached hydrogens (tertiary/aromatic N) is 3. The molecule has 0 unspecified atom stereocenters. The first kappa shape index (κ1) is 15.4. The van der Waals surface area contributed by atoms with Gasteiger partial charge in [0, 0.05) is 25.3 Å². The fraction of sp³-hybridized carbons (Fsp3) is 0.143. The molecule has 0 radical (unpaired) electrons. The van der Waals surface area contributed by atoms with Crippen LogP contribution in [0.15, 0.2) is 42.7 Å². The minimum atomic E-state index is -0.485. The van der Waals surface area contributed by atoms with Crippen LogP contribution in [-0.2, 0) is 16.3 Å². The van der Waals surface area contributed by atoms with Gasteiger partial charge in [-0.2, -0.15) is 5.10 Å². The highest BCUT2D eigenvalue weighted by molar-refractivity contribution is 6.01. The standard InChI is InChI=1S/C14H14N4O4/c1-22-10-17-9-12(8-15-17)16-14(19)6-5-11-3-2-4-13(7-11)18(20)21/h2-9H,10H2,1H3,(H,16,19)/b6-5+. The molecule has 0 aliphatic heterocycles. The molecule has 1 amide bonds. The highest BCUT2D eigenvalue weighted by atomic mass is 16.6. The topological polar surface area (TPSA) is 99.3 Å². The Labute approximate surface area is 126 Å². The molecule has 1 heterocycles. The zero-order chi connectivity index (χ0) is 15.9. The quantitative estimate of drug-likeness (QED) is 0.500. The minimum absolute atomic E-state index is 0.0246. The Morgan fingerprint density at radius 3 is 3.09 bits per heavy atom. The van der Waals surface area contributed by atoms with Gasteiger partial charge in [-0.15, -0.1) is 0 Å². The highest BCUT2D eigenvalue weighted by Gasteiger charge is 2.05. The number of nitro groups is 1. The van der Waals surface area contributed by atoms with Crippen LogP contribution in [0.25, 0.3) is 6.08 Å². The lowest BCUT2D eigenvalue weighted by molar-refractivity contribution is -0.384. The number of anilines is 1. The number of ether oxygens (including phenoxy) is 1. The van der Waals surface area contributed by atoms with Crippen molar-refractivity contribution < 1.29 is 14.5 Å². The first-order valence-electron chi connectivity index (χ1n) is 6.33. The molecule has 0 saturated heterocycles. The first-order valence-corrected chi connectivity index (χ1v) is 6.33. The van der Waals surface area contributed by atoms with Gasteiger partial charge in [-0.25, -0.2) is 4.68 Å². The van der Waals surface area contributed by atoms with Gasteiger partial charge in [0.2, 0.25) is 5.91 Å². The van der Waals surface area contributed by atoms with Crippen LogP contribution < -0.4 is 5.32 Å². The number of rotatable bonds is 6. The molecule has 0 aliphatic rings. The van der Waals surface area contributed by atoms with Gasteiger partial charge in [-0.3, -0.25) is 14.9 Å². The van der Waals surface area contributed by atoms with Crippen molar-refractivity contribution in [1.29, 1.82) is 0 Å². The molecule has 2 aromatic rings. The van der Waals surface area contributed by atoms with Crippen LogP contribution in [0.1, 0.15) is 5.56 Å². The number of non-ortho nitro benzene ring substituents is 1. The fourth-order valence-corrected chi connectivity index (χ4v) is 1.73. The lowest BCUT2D eigenvalue weighted by Crippen LogP contribution is -2.07. The summed E-state index contributed by atoms with van der Waals surface area (Å²) in [4.78, 5) is 22.0. The molecule has 8 heteroatoms. The molecule has 8 nitrogen and oxygen atoms in total. The summed E-state index contributed by atoms with van der Waals surface area (Å²) in [7, 11) is 1.54.